The summed E-state index contributed by atoms with van der Waals surface area (Å²) in [6.07, 6.45) is 3.96. The number of aryl methyl sites for hydroxylation is 1. The van der Waals surface area contributed by atoms with E-state index in [0.717, 1.165) is 37.6 Å². The summed E-state index contributed by atoms with van der Waals surface area (Å²) in [4.78, 5) is 8.73. The Morgan fingerprint density at radius 3 is 2.85 bits per heavy atom. The van der Waals surface area contributed by atoms with Gasteiger partial charge in [0.05, 0.1) is 0 Å². The molecular formula is C10H14N2O. The van der Waals surface area contributed by atoms with Crippen molar-refractivity contribution in [1.82, 2.24) is 9.97 Å². The van der Waals surface area contributed by atoms with Crippen molar-refractivity contribution in [2.24, 2.45) is 0 Å². The fraction of sp³-hybridized carbons (Fsp3) is 0.600. The first-order valence-electron chi connectivity index (χ1n) is 4.73. The number of ether oxygens (including phenoxy) is 1. The predicted molar refractivity (Wildman–Crippen MR) is 49.6 cm³/mol. The number of rotatable bonds is 1. The molecule has 3 heteroatoms. The molecule has 1 aromatic rings. The van der Waals surface area contributed by atoms with Crippen molar-refractivity contribution in [2.75, 3.05) is 13.2 Å². The molecular weight excluding hydrogens is 164 g/mol. The molecule has 0 aliphatic carbocycles. The monoisotopic (exact) mass is 178 g/mol. The molecule has 1 aliphatic rings. The highest BCUT2D eigenvalue weighted by Gasteiger charge is 2.17. The van der Waals surface area contributed by atoms with Crippen LogP contribution < -0.4 is 0 Å². The molecule has 1 aromatic heterocycles. The second-order valence-corrected chi connectivity index (χ2v) is 3.44. The summed E-state index contributed by atoms with van der Waals surface area (Å²) in [5, 5.41) is 0. The molecule has 0 N–H and O–H groups in total. The molecule has 1 saturated heterocycles. The Bertz CT molecular complexity index is 282. The van der Waals surface area contributed by atoms with Crippen LogP contribution in [0.4, 0.5) is 0 Å². The zero-order chi connectivity index (χ0) is 9.10. The number of aromatic nitrogens is 2. The first-order valence-corrected chi connectivity index (χ1v) is 4.73. The second kappa shape index (κ2) is 3.83. The van der Waals surface area contributed by atoms with E-state index < -0.39 is 0 Å². The molecule has 0 unspecified atom stereocenters. The molecule has 1 fully saturated rings. The Balaban J connectivity index is 2.14. The van der Waals surface area contributed by atoms with Crippen LogP contribution in [0.1, 0.15) is 30.3 Å². The molecule has 0 radical (unpaired) electrons. The van der Waals surface area contributed by atoms with Crippen molar-refractivity contribution >= 4 is 0 Å². The summed E-state index contributed by atoms with van der Waals surface area (Å²) in [6, 6.07) is 1.93. The van der Waals surface area contributed by atoms with Crippen LogP contribution in [0.15, 0.2) is 12.3 Å². The average Bonchev–Trinajstić information content (AvgIpc) is 2.19. The van der Waals surface area contributed by atoms with Gasteiger partial charge in [-0.25, -0.2) is 9.97 Å². The average molecular weight is 178 g/mol. The first kappa shape index (κ1) is 8.63. The Morgan fingerprint density at radius 1 is 1.38 bits per heavy atom. The summed E-state index contributed by atoms with van der Waals surface area (Å²) in [5.41, 5.74) is 1.05. The van der Waals surface area contributed by atoms with Gasteiger partial charge in [-0.05, 0) is 25.8 Å². The maximum Gasteiger partial charge on any atom is 0.131 e. The van der Waals surface area contributed by atoms with E-state index >= 15 is 0 Å². The van der Waals surface area contributed by atoms with Crippen molar-refractivity contribution < 1.29 is 4.74 Å². The predicted octanol–water partition coefficient (Wildman–Crippen LogP) is 1.68. The molecule has 0 atom stereocenters. The van der Waals surface area contributed by atoms with Gasteiger partial charge in [-0.2, -0.15) is 0 Å². The lowest BCUT2D eigenvalue weighted by atomic mass is 9.99. The minimum absolute atomic E-state index is 0.508. The lowest BCUT2D eigenvalue weighted by molar-refractivity contribution is 0.0835. The molecule has 2 heterocycles. The minimum Gasteiger partial charge on any atom is -0.381 e. The lowest BCUT2D eigenvalue weighted by Gasteiger charge is -2.20. The summed E-state index contributed by atoms with van der Waals surface area (Å²) in [7, 11) is 0. The normalized spacial score (nSPS) is 18.8. The third kappa shape index (κ3) is 2.04. The summed E-state index contributed by atoms with van der Waals surface area (Å²) < 4.78 is 5.30. The molecule has 70 valence electrons. The molecule has 2 rings (SSSR count). The van der Waals surface area contributed by atoms with Gasteiger partial charge in [0, 0.05) is 31.0 Å². The van der Waals surface area contributed by atoms with Crippen LogP contribution in [-0.2, 0) is 4.74 Å². The minimum atomic E-state index is 0.508. The quantitative estimate of drug-likeness (QED) is 0.656. The second-order valence-electron chi connectivity index (χ2n) is 3.44. The van der Waals surface area contributed by atoms with E-state index in [1.807, 2.05) is 19.2 Å². The van der Waals surface area contributed by atoms with Crippen LogP contribution in [0, 0.1) is 6.92 Å². The van der Waals surface area contributed by atoms with Gasteiger partial charge in [-0.15, -0.1) is 0 Å². The van der Waals surface area contributed by atoms with Gasteiger partial charge in [-0.1, -0.05) is 0 Å². The zero-order valence-corrected chi connectivity index (χ0v) is 7.86. The Morgan fingerprint density at radius 2 is 2.15 bits per heavy atom. The van der Waals surface area contributed by atoms with E-state index in [4.69, 9.17) is 4.74 Å². The van der Waals surface area contributed by atoms with Crippen molar-refractivity contribution in [3.05, 3.63) is 23.8 Å². The van der Waals surface area contributed by atoms with Crippen LogP contribution in [0.3, 0.4) is 0 Å². The lowest BCUT2D eigenvalue weighted by Crippen LogP contribution is -2.16. The van der Waals surface area contributed by atoms with E-state index in [0.29, 0.717) is 5.92 Å². The van der Waals surface area contributed by atoms with Crippen LogP contribution in [0.5, 0.6) is 0 Å². The highest BCUT2D eigenvalue weighted by Crippen LogP contribution is 2.23. The van der Waals surface area contributed by atoms with Gasteiger partial charge in [0.1, 0.15) is 5.82 Å². The van der Waals surface area contributed by atoms with E-state index in [1.54, 1.807) is 0 Å². The van der Waals surface area contributed by atoms with E-state index in [-0.39, 0.29) is 0 Å². The third-order valence-electron chi connectivity index (χ3n) is 2.40. The molecule has 3 nitrogen and oxygen atoms in total. The van der Waals surface area contributed by atoms with Gasteiger partial charge in [0.25, 0.3) is 0 Å². The standard InChI is InChI=1S/C10H14N2O/c1-8-2-5-11-10(12-8)9-3-6-13-7-4-9/h2,5,9H,3-4,6-7H2,1H3. The van der Waals surface area contributed by atoms with Crippen LogP contribution >= 0.6 is 0 Å². The van der Waals surface area contributed by atoms with Gasteiger partial charge in [0.15, 0.2) is 0 Å². The fourth-order valence-electron chi connectivity index (χ4n) is 1.62. The SMILES string of the molecule is Cc1ccnc(C2CCOCC2)n1. The maximum atomic E-state index is 5.30. The molecule has 0 aromatic carbocycles. The van der Waals surface area contributed by atoms with Crippen LogP contribution in [0.25, 0.3) is 0 Å². The van der Waals surface area contributed by atoms with Crippen molar-refractivity contribution in [3.8, 4) is 0 Å². The Labute approximate surface area is 78.2 Å². The third-order valence-corrected chi connectivity index (χ3v) is 2.40. The molecule has 13 heavy (non-hydrogen) atoms. The smallest absolute Gasteiger partial charge is 0.131 e. The van der Waals surface area contributed by atoms with Crippen molar-refractivity contribution in [2.45, 2.75) is 25.7 Å². The van der Waals surface area contributed by atoms with E-state index in [9.17, 15) is 0 Å². The molecule has 0 amide bonds. The fourth-order valence-corrected chi connectivity index (χ4v) is 1.62. The number of hydrogen-bond acceptors (Lipinski definition) is 3. The maximum absolute atomic E-state index is 5.30. The summed E-state index contributed by atoms with van der Waals surface area (Å²) in [5.74, 6) is 1.50. The molecule has 0 saturated carbocycles. The highest BCUT2D eigenvalue weighted by molar-refractivity contribution is 5.04. The van der Waals surface area contributed by atoms with Crippen molar-refractivity contribution in [1.29, 1.82) is 0 Å². The van der Waals surface area contributed by atoms with Gasteiger partial charge >= 0.3 is 0 Å². The van der Waals surface area contributed by atoms with Crippen LogP contribution in [0.2, 0.25) is 0 Å². The topological polar surface area (TPSA) is 35.0 Å². The Kier molecular flexibility index (Phi) is 2.54. The summed E-state index contributed by atoms with van der Waals surface area (Å²) in [6.45, 7) is 3.70. The highest BCUT2D eigenvalue weighted by atomic mass is 16.5. The van der Waals surface area contributed by atoms with Crippen LogP contribution in [-0.4, -0.2) is 23.2 Å². The van der Waals surface area contributed by atoms with Gasteiger partial charge < -0.3 is 4.74 Å². The number of hydrogen-bond donors (Lipinski definition) is 0. The molecule has 0 spiro atoms. The summed E-state index contributed by atoms with van der Waals surface area (Å²) >= 11 is 0. The largest absolute Gasteiger partial charge is 0.381 e. The van der Waals surface area contributed by atoms with E-state index in [1.165, 1.54) is 0 Å². The first-order chi connectivity index (χ1) is 6.36. The number of nitrogens with zero attached hydrogens (tertiary/aromatic N) is 2. The van der Waals surface area contributed by atoms with Gasteiger partial charge in [-0.3, -0.25) is 0 Å². The van der Waals surface area contributed by atoms with Crippen molar-refractivity contribution in [3.63, 3.8) is 0 Å². The van der Waals surface area contributed by atoms with E-state index in [2.05, 4.69) is 9.97 Å². The van der Waals surface area contributed by atoms with Gasteiger partial charge in [0.2, 0.25) is 0 Å². The zero-order valence-electron chi connectivity index (χ0n) is 7.86. The molecule has 0 bridgehead atoms. The molecule has 1 aliphatic heterocycles. The Hall–Kier alpha value is -0.960.